The van der Waals surface area contributed by atoms with E-state index in [1.807, 2.05) is 0 Å². The first-order valence-corrected chi connectivity index (χ1v) is 4.96. The van der Waals surface area contributed by atoms with Gasteiger partial charge in [-0.3, -0.25) is 4.79 Å². The van der Waals surface area contributed by atoms with Gasteiger partial charge >= 0.3 is 18.1 Å². The van der Waals surface area contributed by atoms with E-state index in [0.717, 1.165) is 12.3 Å². The Balaban J connectivity index is 2.89. The van der Waals surface area contributed by atoms with Crippen molar-refractivity contribution in [1.29, 1.82) is 0 Å². The summed E-state index contributed by atoms with van der Waals surface area (Å²) in [6.07, 6.45) is -1.74. The Morgan fingerprint density at radius 2 is 2.05 bits per heavy atom. The summed E-state index contributed by atoms with van der Waals surface area (Å²) in [4.78, 5) is 24.6. The summed E-state index contributed by atoms with van der Waals surface area (Å²) in [6.45, 7) is 1.44. The van der Waals surface area contributed by atoms with Crippen molar-refractivity contribution in [3.05, 3.63) is 29.5 Å². The zero-order valence-corrected chi connectivity index (χ0v) is 9.65. The maximum absolute atomic E-state index is 12.0. The third kappa shape index (κ3) is 4.41. The Morgan fingerprint density at radius 1 is 1.42 bits per heavy atom. The fraction of sp³-hybridized carbons (Fsp3) is 0.182. The van der Waals surface area contributed by atoms with Crippen LogP contribution in [0.2, 0.25) is 0 Å². The van der Waals surface area contributed by atoms with Crippen LogP contribution in [0.4, 0.5) is 19.0 Å². The molecule has 0 aliphatic carbocycles. The molecule has 0 aromatic carbocycles. The standard InChI is InChI=1S/C11H9F3N2O3/c1-6-4-7(2-3-8(17)18)5-15-9(6)16-10(19)11(12,13)14/h2-5H,1H3,(H,17,18)(H,15,16,19)/b3-2+. The van der Waals surface area contributed by atoms with Gasteiger partial charge < -0.3 is 10.4 Å². The van der Waals surface area contributed by atoms with Crippen LogP contribution in [0.15, 0.2) is 18.3 Å². The van der Waals surface area contributed by atoms with Crippen molar-refractivity contribution in [2.45, 2.75) is 13.1 Å². The number of carbonyl (C=O) groups is 2. The van der Waals surface area contributed by atoms with Crippen molar-refractivity contribution in [3.8, 4) is 0 Å². The van der Waals surface area contributed by atoms with Crippen LogP contribution in [0.3, 0.4) is 0 Å². The van der Waals surface area contributed by atoms with E-state index in [0.29, 0.717) is 5.56 Å². The number of halogens is 3. The van der Waals surface area contributed by atoms with Gasteiger partial charge in [-0.1, -0.05) is 0 Å². The van der Waals surface area contributed by atoms with E-state index in [1.165, 1.54) is 19.1 Å². The lowest BCUT2D eigenvalue weighted by Gasteiger charge is -2.09. The summed E-state index contributed by atoms with van der Waals surface area (Å²) in [6, 6.07) is 1.40. The fourth-order valence-corrected chi connectivity index (χ4v) is 1.16. The lowest BCUT2D eigenvalue weighted by Crippen LogP contribution is -2.30. The predicted molar refractivity (Wildman–Crippen MR) is 60.3 cm³/mol. The van der Waals surface area contributed by atoms with Crippen molar-refractivity contribution in [1.82, 2.24) is 4.98 Å². The van der Waals surface area contributed by atoms with Crippen LogP contribution in [0.25, 0.3) is 6.08 Å². The Bertz CT molecular complexity index is 538. The smallest absolute Gasteiger partial charge is 0.471 e. The van der Waals surface area contributed by atoms with Crippen LogP contribution >= 0.6 is 0 Å². The Labute approximate surface area is 105 Å². The number of rotatable bonds is 3. The second-order valence-corrected chi connectivity index (χ2v) is 3.56. The second kappa shape index (κ2) is 5.51. The fourth-order valence-electron chi connectivity index (χ4n) is 1.16. The van der Waals surface area contributed by atoms with E-state index in [1.54, 1.807) is 5.32 Å². The van der Waals surface area contributed by atoms with Crippen molar-refractivity contribution in [2.75, 3.05) is 5.32 Å². The van der Waals surface area contributed by atoms with Gasteiger partial charge in [0.15, 0.2) is 0 Å². The van der Waals surface area contributed by atoms with Crippen LogP contribution in [-0.4, -0.2) is 28.1 Å². The molecule has 0 spiro atoms. The molecule has 0 atom stereocenters. The van der Waals surface area contributed by atoms with Gasteiger partial charge in [0.25, 0.3) is 0 Å². The number of nitrogens with one attached hydrogen (secondary N) is 1. The average molecular weight is 274 g/mol. The quantitative estimate of drug-likeness (QED) is 0.826. The highest BCUT2D eigenvalue weighted by molar-refractivity contribution is 5.94. The first kappa shape index (κ1) is 14.7. The van der Waals surface area contributed by atoms with E-state index in [4.69, 9.17) is 5.11 Å². The molecule has 19 heavy (non-hydrogen) atoms. The van der Waals surface area contributed by atoms with Crippen LogP contribution in [0.5, 0.6) is 0 Å². The van der Waals surface area contributed by atoms with Crippen LogP contribution in [0.1, 0.15) is 11.1 Å². The molecule has 8 heteroatoms. The minimum atomic E-state index is -4.99. The molecule has 5 nitrogen and oxygen atoms in total. The summed E-state index contributed by atoms with van der Waals surface area (Å²) >= 11 is 0. The summed E-state index contributed by atoms with van der Waals surface area (Å²) < 4.78 is 36.1. The third-order valence-electron chi connectivity index (χ3n) is 2.01. The summed E-state index contributed by atoms with van der Waals surface area (Å²) in [5.74, 6) is -3.50. The normalized spacial score (nSPS) is 11.6. The van der Waals surface area contributed by atoms with Gasteiger partial charge in [0.05, 0.1) is 0 Å². The number of alkyl halides is 3. The van der Waals surface area contributed by atoms with Crippen LogP contribution < -0.4 is 5.32 Å². The number of carbonyl (C=O) groups excluding carboxylic acids is 1. The lowest BCUT2D eigenvalue weighted by molar-refractivity contribution is -0.167. The number of aryl methyl sites for hydroxylation is 1. The molecular weight excluding hydrogens is 265 g/mol. The van der Waals surface area contributed by atoms with Crippen molar-refractivity contribution in [2.24, 2.45) is 0 Å². The van der Waals surface area contributed by atoms with E-state index >= 15 is 0 Å². The average Bonchev–Trinajstić information content (AvgIpc) is 2.28. The third-order valence-corrected chi connectivity index (χ3v) is 2.01. The molecule has 0 aliphatic rings. The molecule has 1 heterocycles. The number of aromatic nitrogens is 1. The number of aliphatic carboxylic acids is 1. The molecule has 0 saturated carbocycles. The first-order valence-electron chi connectivity index (χ1n) is 4.96. The molecule has 0 aliphatic heterocycles. The van der Waals surface area contributed by atoms with Crippen LogP contribution in [0, 0.1) is 6.92 Å². The largest absolute Gasteiger partial charge is 0.478 e. The zero-order chi connectivity index (χ0) is 14.6. The molecule has 102 valence electrons. The molecule has 0 saturated heterocycles. The summed E-state index contributed by atoms with van der Waals surface area (Å²) in [5.41, 5.74) is 0.676. The SMILES string of the molecule is Cc1cc(/C=C/C(=O)O)cnc1NC(=O)C(F)(F)F. The van der Waals surface area contributed by atoms with Crippen LogP contribution in [-0.2, 0) is 9.59 Å². The Hall–Kier alpha value is -2.38. The molecule has 1 rings (SSSR count). The Morgan fingerprint density at radius 3 is 2.53 bits per heavy atom. The minimum absolute atomic E-state index is 0.227. The highest BCUT2D eigenvalue weighted by Gasteiger charge is 2.39. The molecule has 0 radical (unpaired) electrons. The number of carboxylic acids is 1. The topological polar surface area (TPSA) is 79.3 Å². The molecular formula is C11H9F3N2O3. The van der Waals surface area contributed by atoms with Crippen molar-refractivity contribution >= 4 is 23.8 Å². The van der Waals surface area contributed by atoms with E-state index in [9.17, 15) is 22.8 Å². The number of hydrogen-bond acceptors (Lipinski definition) is 3. The lowest BCUT2D eigenvalue weighted by atomic mass is 10.2. The molecule has 2 N–H and O–H groups in total. The van der Waals surface area contributed by atoms with Gasteiger partial charge in [0.1, 0.15) is 5.82 Å². The highest BCUT2D eigenvalue weighted by atomic mass is 19.4. The number of hydrogen-bond donors (Lipinski definition) is 2. The van der Waals surface area contributed by atoms with Gasteiger partial charge in [-0.2, -0.15) is 13.2 Å². The number of pyridine rings is 1. The van der Waals surface area contributed by atoms with E-state index in [-0.39, 0.29) is 11.4 Å². The van der Waals surface area contributed by atoms with E-state index in [2.05, 4.69) is 4.98 Å². The maximum Gasteiger partial charge on any atom is 0.471 e. The first-order chi connectivity index (χ1) is 8.70. The van der Waals surface area contributed by atoms with Gasteiger partial charge in [-0.05, 0) is 30.2 Å². The summed E-state index contributed by atoms with van der Waals surface area (Å²) in [7, 11) is 0. The number of nitrogens with zero attached hydrogens (tertiary/aromatic N) is 1. The zero-order valence-electron chi connectivity index (χ0n) is 9.65. The van der Waals surface area contributed by atoms with Gasteiger partial charge in [0.2, 0.25) is 0 Å². The molecule has 1 amide bonds. The highest BCUT2D eigenvalue weighted by Crippen LogP contribution is 2.19. The maximum atomic E-state index is 12.0. The van der Waals surface area contributed by atoms with Gasteiger partial charge in [-0.25, -0.2) is 9.78 Å². The molecule has 1 aromatic heterocycles. The molecule has 0 bridgehead atoms. The Kier molecular flexibility index (Phi) is 4.26. The molecule has 0 unspecified atom stereocenters. The number of carboxylic acid groups (broad SMARTS) is 1. The van der Waals surface area contributed by atoms with E-state index < -0.39 is 18.1 Å². The van der Waals surface area contributed by atoms with Crippen molar-refractivity contribution in [3.63, 3.8) is 0 Å². The predicted octanol–water partition coefficient (Wildman–Crippen LogP) is 1.99. The molecule has 1 aromatic rings. The number of amides is 1. The summed E-state index contributed by atoms with van der Waals surface area (Å²) in [5, 5.41) is 10.0. The number of anilines is 1. The van der Waals surface area contributed by atoms with Crippen molar-refractivity contribution < 1.29 is 27.9 Å². The van der Waals surface area contributed by atoms with Gasteiger partial charge in [0, 0.05) is 12.3 Å². The monoisotopic (exact) mass is 274 g/mol. The second-order valence-electron chi connectivity index (χ2n) is 3.56. The van der Waals surface area contributed by atoms with Gasteiger partial charge in [-0.15, -0.1) is 0 Å². The minimum Gasteiger partial charge on any atom is -0.478 e. The molecule has 0 fully saturated rings.